The average molecular weight is 420 g/mol. The molecular formula is C18H18N3O5S2-. The SMILES string of the molecule is O=C([O-])CCCCn1c(SCC(=O)NCc2ccco2)nc2ccsc2c1=O. The molecule has 0 aliphatic carbocycles. The van der Waals surface area contributed by atoms with Gasteiger partial charge in [-0.2, -0.15) is 0 Å². The molecule has 1 amide bonds. The van der Waals surface area contributed by atoms with Gasteiger partial charge in [-0.3, -0.25) is 14.2 Å². The lowest BCUT2D eigenvalue weighted by Gasteiger charge is -2.12. The summed E-state index contributed by atoms with van der Waals surface area (Å²) in [5.74, 6) is -0.561. The standard InChI is InChI=1S/C18H19N3O5S2/c22-14(19-10-12-4-3-8-26-12)11-28-18-20-13-6-9-27-16(13)17(25)21(18)7-2-1-5-15(23)24/h3-4,6,8-9H,1-2,5,7,10-11H2,(H,19,22)(H,23,24)/p-1. The highest BCUT2D eigenvalue weighted by atomic mass is 32.2. The molecule has 0 saturated carbocycles. The van der Waals surface area contributed by atoms with E-state index in [1.165, 1.54) is 33.9 Å². The van der Waals surface area contributed by atoms with Gasteiger partial charge in [-0.05, 0) is 42.8 Å². The monoisotopic (exact) mass is 420 g/mol. The van der Waals surface area contributed by atoms with Crippen LogP contribution in [0.25, 0.3) is 10.2 Å². The molecule has 0 atom stereocenters. The summed E-state index contributed by atoms with van der Waals surface area (Å²) in [7, 11) is 0. The number of aromatic nitrogens is 2. The lowest BCUT2D eigenvalue weighted by Crippen LogP contribution is -2.26. The molecule has 0 bridgehead atoms. The summed E-state index contributed by atoms with van der Waals surface area (Å²) in [6.45, 7) is 0.628. The number of unbranched alkanes of at least 4 members (excludes halogenated alkanes) is 1. The number of thioether (sulfide) groups is 1. The summed E-state index contributed by atoms with van der Waals surface area (Å²) in [6.07, 6.45) is 2.39. The van der Waals surface area contributed by atoms with Gasteiger partial charge in [-0.15, -0.1) is 11.3 Å². The summed E-state index contributed by atoms with van der Waals surface area (Å²) in [5.41, 5.74) is 0.423. The molecule has 0 aliphatic heterocycles. The minimum Gasteiger partial charge on any atom is -0.550 e. The number of carboxylic acid groups (broad SMARTS) is 1. The number of carboxylic acids is 1. The molecule has 3 rings (SSSR count). The Balaban J connectivity index is 1.67. The Kier molecular flexibility index (Phi) is 6.88. The van der Waals surface area contributed by atoms with E-state index < -0.39 is 5.97 Å². The first-order valence-electron chi connectivity index (χ1n) is 8.64. The number of carbonyl (C=O) groups is 2. The highest BCUT2D eigenvalue weighted by molar-refractivity contribution is 7.99. The summed E-state index contributed by atoms with van der Waals surface area (Å²) in [4.78, 5) is 39.9. The third-order valence-corrected chi connectivity index (χ3v) is 5.78. The van der Waals surface area contributed by atoms with Crippen LogP contribution in [0.15, 0.2) is 44.2 Å². The number of hydrogen-bond donors (Lipinski definition) is 1. The number of aliphatic carboxylic acids is 1. The van der Waals surface area contributed by atoms with Crippen molar-refractivity contribution in [3.63, 3.8) is 0 Å². The van der Waals surface area contributed by atoms with Crippen molar-refractivity contribution in [3.8, 4) is 0 Å². The van der Waals surface area contributed by atoms with Gasteiger partial charge in [0.25, 0.3) is 5.56 Å². The average Bonchev–Trinajstić information content (AvgIpc) is 3.34. The van der Waals surface area contributed by atoms with Crippen molar-refractivity contribution in [1.29, 1.82) is 0 Å². The molecule has 0 spiro atoms. The predicted octanol–water partition coefficient (Wildman–Crippen LogP) is 1.38. The lowest BCUT2D eigenvalue weighted by molar-refractivity contribution is -0.305. The van der Waals surface area contributed by atoms with Crippen LogP contribution < -0.4 is 16.0 Å². The smallest absolute Gasteiger partial charge is 0.272 e. The molecule has 0 unspecified atom stereocenters. The van der Waals surface area contributed by atoms with Crippen molar-refractivity contribution in [1.82, 2.24) is 14.9 Å². The molecule has 1 N–H and O–H groups in total. The van der Waals surface area contributed by atoms with Crippen LogP contribution in [-0.4, -0.2) is 27.2 Å². The van der Waals surface area contributed by atoms with Crippen LogP contribution in [0.4, 0.5) is 0 Å². The van der Waals surface area contributed by atoms with Gasteiger partial charge >= 0.3 is 0 Å². The molecule has 8 nitrogen and oxygen atoms in total. The van der Waals surface area contributed by atoms with Gasteiger partial charge in [0.05, 0.1) is 24.1 Å². The normalized spacial score (nSPS) is 11.0. The number of carbonyl (C=O) groups excluding carboxylic acids is 2. The first-order chi connectivity index (χ1) is 13.5. The maximum Gasteiger partial charge on any atom is 0.272 e. The second kappa shape index (κ2) is 9.56. The molecular weight excluding hydrogens is 402 g/mol. The Bertz CT molecular complexity index is 1010. The summed E-state index contributed by atoms with van der Waals surface area (Å²) in [5, 5.41) is 15.5. The minimum absolute atomic E-state index is 0.0545. The van der Waals surface area contributed by atoms with E-state index in [-0.39, 0.29) is 23.6 Å². The van der Waals surface area contributed by atoms with Crippen LogP contribution in [-0.2, 0) is 22.7 Å². The van der Waals surface area contributed by atoms with Gasteiger partial charge in [0.15, 0.2) is 5.16 Å². The first-order valence-corrected chi connectivity index (χ1v) is 10.5. The van der Waals surface area contributed by atoms with Crippen molar-refractivity contribution in [2.24, 2.45) is 0 Å². The second-order valence-corrected chi connectivity index (χ2v) is 7.82. The molecule has 28 heavy (non-hydrogen) atoms. The van der Waals surface area contributed by atoms with Gasteiger partial charge in [0, 0.05) is 12.5 Å². The van der Waals surface area contributed by atoms with Gasteiger partial charge in [0.1, 0.15) is 10.5 Å². The predicted molar refractivity (Wildman–Crippen MR) is 104 cm³/mol. The van der Waals surface area contributed by atoms with Crippen molar-refractivity contribution in [2.75, 3.05) is 5.75 Å². The summed E-state index contributed by atoms with van der Waals surface area (Å²) >= 11 is 2.49. The molecule has 0 aliphatic rings. The van der Waals surface area contributed by atoms with Crippen molar-refractivity contribution < 1.29 is 19.1 Å². The lowest BCUT2D eigenvalue weighted by atomic mass is 10.2. The molecule has 3 aromatic heterocycles. The van der Waals surface area contributed by atoms with Crippen LogP contribution in [0.2, 0.25) is 0 Å². The fourth-order valence-corrected chi connectivity index (χ4v) is 4.18. The molecule has 3 aromatic rings. The maximum absolute atomic E-state index is 12.7. The number of fused-ring (bicyclic) bond motifs is 1. The van der Waals surface area contributed by atoms with Gasteiger partial charge < -0.3 is 19.6 Å². The third-order valence-electron chi connectivity index (χ3n) is 3.92. The Morgan fingerprint density at radius 1 is 1.32 bits per heavy atom. The van der Waals surface area contributed by atoms with Crippen LogP contribution >= 0.6 is 23.1 Å². The Labute approximate surface area is 168 Å². The summed E-state index contributed by atoms with van der Waals surface area (Å²) < 4.78 is 7.23. The van der Waals surface area contributed by atoms with E-state index in [4.69, 9.17) is 4.42 Å². The highest BCUT2D eigenvalue weighted by Gasteiger charge is 2.14. The largest absolute Gasteiger partial charge is 0.550 e. The molecule has 0 fully saturated rings. The second-order valence-electron chi connectivity index (χ2n) is 5.96. The Morgan fingerprint density at radius 2 is 2.18 bits per heavy atom. The van der Waals surface area contributed by atoms with E-state index in [2.05, 4.69) is 10.3 Å². The number of nitrogens with one attached hydrogen (secondary N) is 1. The van der Waals surface area contributed by atoms with Gasteiger partial charge in [0.2, 0.25) is 5.91 Å². The zero-order chi connectivity index (χ0) is 19.9. The fraction of sp³-hybridized carbons (Fsp3) is 0.333. The van der Waals surface area contributed by atoms with E-state index in [0.717, 1.165) is 0 Å². The molecule has 0 radical (unpaired) electrons. The van der Waals surface area contributed by atoms with Crippen molar-refractivity contribution >= 4 is 45.2 Å². The quantitative estimate of drug-likeness (QED) is 0.299. The fourth-order valence-electron chi connectivity index (χ4n) is 2.55. The van der Waals surface area contributed by atoms with Gasteiger partial charge in [-0.25, -0.2) is 4.98 Å². The molecule has 0 saturated heterocycles. The Hall–Kier alpha value is -2.59. The number of nitrogens with zero attached hydrogens (tertiary/aromatic N) is 2. The zero-order valence-electron chi connectivity index (χ0n) is 14.9. The molecule has 0 aromatic carbocycles. The number of thiophene rings is 1. The van der Waals surface area contributed by atoms with E-state index in [1.807, 2.05) is 0 Å². The van der Waals surface area contributed by atoms with Crippen molar-refractivity contribution in [3.05, 3.63) is 46.0 Å². The van der Waals surface area contributed by atoms with Crippen molar-refractivity contribution in [2.45, 2.75) is 37.5 Å². The van der Waals surface area contributed by atoms with E-state index in [0.29, 0.717) is 47.1 Å². The van der Waals surface area contributed by atoms with Crippen LogP contribution in [0.1, 0.15) is 25.0 Å². The minimum atomic E-state index is -1.11. The number of furan rings is 1. The number of rotatable bonds is 10. The number of hydrogen-bond acceptors (Lipinski definition) is 8. The molecule has 148 valence electrons. The first kappa shape index (κ1) is 20.2. The van der Waals surface area contributed by atoms with Crippen LogP contribution in [0, 0.1) is 0 Å². The van der Waals surface area contributed by atoms with Gasteiger partial charge in [-0.1, -0.05) is 11.8 Å². The zero-order valence-corrected chi connectivity index (χ0v) is 16.5. The van der Waals surface area contributed by atoms with E-state index in [1.54, 1.807) is 23.6 Å². The molecule has 3 heterocycles. The highest BCUT2D eigenvalue weighted by Crippen LogP contribution is 2.21. The van der Waals surface area contributed by atoms with Crippen LogP contribution in [0.3, 0.4) is 0 Å². The molecule has 10 heteroatoms. The Morgan fingerprint density at radius 3 is 2.93 bits per heavy atom. The van der Waals surface area contributed by atoms with E-state index in [9.17, 15) is 19.5 Å². The van der Waals surface area contributed by atoms with E-state index >= 15 is 0 Å². The summed E-state index contributed by atoms with van der Waals surface area (Å²) in [6, 6.07) is 5.28. The maximum atomic E-state index is 12.7. The van der Waals surface area contributed by atoms with Crippen LogP contribution in [0.5, 0.6) is 0 Å². The topological polar surface area (TPSA) is 117 Å². The number of amides is 1. The third kappa shape index (κ3) is 5.23.